The van der Waals surface area contributed by atoms with E-state index in [-0.39, 0.29) is 0 Å². The molecule has 0 radical (unpaired) electrons. The minimum absolute atomic E-state index is 0.387. The molecule has 2 nitrogen and oxygen atoms in total. The molecule has 12 heavy (non-hydrogen) atoms. The second kappa shape index (κ2) is 4.83. The Balaban J connectivity index is 2.36. The normalized spacial score (nSPS) is 31.0. The average Bonchev–Trinajstić information content (AvgIpc) is 2.04. The van der Waals surface area contributed by atoms with Gasteiger partial charge in [-0.15, -0.1) is 0 Å². The van der Waals surface area contributed by atoms with Crippen molar-refractivity contribution >= 4 is 0 Å². The SMILES string of the molecule is CN(C)CC1CCCC[C@H]1CO. The van der Waals surface area contributed by atoms with E-state index in [0.717, 1.165) is 12.5 Å². The van der Waals surface area contributed by atoms with Gasteiger partial charge in [-0.05, 0) is 38.8 Å². The Kier molecular flexibility index (Phi) is 4.02. The van der Waals surface area contributed by atoms with E-state index in [4.69, 9.17) is 5.11 Å². The summed E-state index contributed by atoms with van der Waals surface area (Å²) in [5.74, 6) is 1.31. The predicted molar refractivity (Wildman–Crippen MR) is 51.1 cm³/mol. The van der Waals surface area contributed by atoms with Crippen LogP contribution in [-0.2, 0) is 0 Å². The van der Waals surface area contributed by atoms with E-state index in [2.05, 4.69) is 19.0 Å². The summed E-state index contributed by atoms with van der Waals surface area (Å²) in [5, 5.41) is 9.16. The van der Waals surface area contributed by atoms with E-state index in [1.165, 1.54) is 25.7 Å². The first-order chi connectivity index (χ1) is 5.74. The molecule has 0 aromatic rings. The molecular formula is C10H21NO. The van der Waals surface area contributed by atoms with E-state index in [1.54, 1.807) is 0 Å². The second-order valence-corrected chi connectivity index (χ2v) is 4.25. The molecule has 0 spiro atoms. The predicted octanol–water partition coefficient (Wildman–Crippen LogP) is 1.35. The van der Waals surface area contributed by atoms with Crippen molar-refractivity contribution in [2.75, 3.05) is 27.2 Å². The monoisotopic (exact) mass is 171 g/mol. The Hall–Kier alpha value is -0.0800. The molecule has 0 aromatic heterocycles. The molecule has 1 saturated carbocycles. The molecule has 2 atom stereocenters. The van der Waals surface area contributed by atoms with E-state index in [9.17, 15) is 0 Å². The van der Waals surface area contributed by atoms with Crippen molar-refractivity contribution in [1.29, 1.82) is 0 Å². The molecule has 0 bridgehead atoms. The van der Waals surface area contributed by atoms with Crippen LogP contribution in [0.4, 0.5) is 0 Å². The van der Waals surface area contributed by atoms with Crippen LogP contribution >= 0.6 is 0 Å². The van der Waals surface area contributed by atoms with Gasteiger partial charge in [0.15, 0.2) is 0 Å². The zero-order chi connectivity index (χ0) is 8.97. The van der Waals surface area contributed by atoms with Gasteiger partial charge in [-0.1, -0.05) is 12.8 Å². The quantitative estimate of drug-likeness (QED) is 0.693. The summed E-state index contributed by atoms with van der Waals surface area (Å²) in [4.78, 5) is 2.23. The maximum atomic E-state index is 9.16. The highest BCUT2D eigenvalue weighted by Gasteiger charge is 2.24. The van der Waals surface area contributed by atoms with Crippen molar-refractivity contribution in [2.45, 2.75) is 25.7 Å². The highest BCUT2D eigenvalue weighted by Crippen LogP contribution is 2.29. The Labute approximate surface area is 75.6 Å². The molecular weight excluding hydrogens is 150 g/mol. The summed E-state index contributed by atoms with van der Waals surface area (Å²) in [6.45, 7) is 1.53. The lowest BCUT2D eigenvalue weighted by Gasteiger charge is -2.32. The van der Waals surface area contributed by atoms with E-state index < -0.39 is 0 Å². The summed E-state index contributed by atoms with van der Waals surface area (Å²) in [6, 6.07) is 0. The van der Waals surface area contributed by atoms with Crippen molar-refractivity contribution in [3.8, 4) is 0 Å². The summed E-state index contributed by atoms with van der Waals surface area (Å²) in [6.07, 6.45) is 5.21. The van der Waals surface area contributed by atoms with Gasteiger partial charge in [0.25, 0.3) is 0 Å². The molecule has 2 heteroatoms. The first-order valence-electron chi connectivity index (χ1n) is 4.99. The zero-order valence-corrected chi connectivity index (χ0v) is 8.29. The first-order valence-corrected chi connectivity index (χ1v) is 4.99. The van der Waals surface area contributed by atoms with Crippen molar-refractivity contribution in [3.05, 3.63) is 0 Å². The molecule has 0 aromatic carbocycles. The zero-order valence-electron chi connectivity index (χ0n) is 8.29. The van der Waals surface area contributed by atoms with Crippen molar-refractivity contribution in [3.63, 3.8) is 0 Å². The summed E-state index contributed by atoms with van der Waals surface area (Å²) >= 11 is 0. The minimum atomic E-state index is 0.387. The van der Waals surface area contributed by atoms with Gasteiger partial charge in [0.1, 0.15) is 0 Å². The van der Waals surface area contributed by atoms with Gasteiger partial charge in [-0.2, -0.15) is 0 Å². The van der Waals surface area contributed by atoms with Crippen LogP contribution in [0.2, 0.25) is 0 Å². The molecule has 0 saturated heterocycles. The lowest BCUT2D eigenvalue weighted by Crippen LogP contribution is -2.31. The molecule has 1 aliphatic rings. The second-order valence-electron chi connectivity index (χ2n) is 4.25. The fourth-order valence-corrected chi connectivity index (χ4v) is 2.23. The maximum absolute atomic E-state index is 9.16. The Bertz CT molecular complexity index is 125. The summed E-state index contributed by atoms with van der Waals surface area (Å²) in [7, 11) is 4.23. The standard InChI is InChI=1S/C10H21NO/c1-11(2)7-9-5-3-4-6-10(9)8-12/h9-10,12H,3-8H2,1-2H3/t9?,10-/m0/s1. The van der Waals surface area contributed by atoms with Gasteiger partial charge in [-0.25, -0.2) is 0 Å². The van der Waals surface area contributed by atoms with Crippen LogP contribution in [0.25, 0.3) is 0 Å². The van der Waals surface area contributed by atoms with Crippen LogP contribution < -0.4 is 0 Å². The van der Waals surface area contributed by atoms with E-state index >= 15 is 0 Å². The topological polar surface area (TPSA) is 23.5 Å². The molecule has 1 aliphatic carbocycles. The van der Waals surface area contributed by atoms with Gasteiger partial charge >= 0.3 is 0 Å². The van der Waals surface area contributed by atoms with Crippen LogP contribution in [0, 0.1) is 11.8 Å². The highest BCUT2D eigenvalue weighted by atomic mass is 16.3. The third-order valence-electron chi connectivity index (χ3n) is 2.90. The fraction of sp³-hybridized carbons (Fsp3) is 1.00. The molecule has 1 fully saturated rings. The molecule has 72 valence electrons. The Morgan fingerprint density at radius 1 is 1.17 bits per heavy atom. The van der Waals surface area contributed by atoms with Crippen LogP contribution in [0.1, 0.15) is 25.7 Å². The highest BCUT2D eigenvalue weighted by molar-refractivity contribution is 4.76. The largest absolute Gasteiger partial charge is 0.396 e. The number of nitrogens with zero attached hydrogens (tertiary/aromatic N) is 1. The van der Waals surface area contributed by atoms with Crippen molar-refractivity contribution in [1.82, 2.24) is 4.90 Å². The van der Waals surface area contributed by atoms with Gasteiger partial charge in [0, 0.05) is 13.2 Å². The van der Waals surface area contributed by atoms with Crippen molar-refractivity contribution in [2.24, 2.45) is 11.8 Å². The number of rotatable bonds is 3. The molecule has 0 heterocycles. The molecule has 0 amide bonds. The number of aliphatic hydroxyl groups excluding tert-OH is 1. The number of hydrogen-bond acceptors (Lipinski definition) is 2. The summed E-state index contributed by atoms with van der Waals surface area (Å²) < 4.78 is 0. The third kappa shape index (κ3) is 2.76. The van der Waals surface area contributed by atoms with Crippen LogP contribution in [-0.4, -0.2) is 37.3 Å². The van der Waals surface area contributed by atoms with Gasteiger partial charge in [0.2, 0.25) is 0 Å². The smallest absolute Gasteiger partial charge is 0.0462 e. The van der Waals surface area contributed by atoms with Crippen molar-refractivity contribution < 1.29 is 5.11 Å². The average molecular weight is 171 g/mol. The van der Waals surface area contributed by atoms with Gasteiger partial charge in [0.05, 0.1) is 0 Å². The van der Waals surface area contributed by atoms with E-state index in [0.29, 0.717) is 12.5 Å². The van der Waals surface area contributed by atoms with Gasteiger partial charge < -0.3 is 10.0 Å². The lowest BCUT2D eigenvalue weighted by atomic mass is 9.79. The minimum Gasteiger partial charge on any atom is -0.396 e. The number of aliphatic hydroxyl groups is 1. The summed E-state index contributed by atoms with van der Waals surface area (Å²) in [5.41, 5.74) is 0. The lowest BCUT2D eigenvalue weighted by molar-refractivity contribution is 0.114. The van der Waals surface area contributed by atoms with Gasteiger partial charge in [-0.3, -0.25) is 0 Å². The van der Waals surface area contributed by atoms with Crippen LogP contribution in [0.5, 0.6) is 0 Å². The fourth-order valence-electron chi connectivity index (χ4n) is 2.23. The molecule has 1 rings (SSSR count). The Morgan fingerprint density at radius 2 is 1.75 bits per heavy atom. The van der Waals surface area contributed by atoms with E-state index in [1.807, 2.05) is 0 Å². The molecule has 1 N–H and O–H groups in total. The first kappa shape index (κ1) is 10.0. The number of hydrogen-bond donors (Lipinski definition) is 1. The maximum Gasteiger partial charge on any atom is 0.0462 e. The third-order valence-corrected chi connectivity index (χ3v) is 2.90. The van der Waals surface area contributed by atoms with Crippen LogP contribution in [0.3, 0.4) is 0 Å². The molecule has 0 aliphatic heterocycles. The Morgan fingerprint density at radius 3 is 2.25 bits per heavy atom. The van der Waals surface area contributed by atoms with Crippen LogP contribution in [0.15, 0.2) is 0 Å². The molecule has 1 unspecified atom stereocenters.